The fourth-order valence-corrected chi connectivity index (χ4v) is 3.02. The molecule has 0 radical (unpaired) electrons. The molecular weight excluding hydrogens is 290 g/mol. The van der Waals surface area contributed by atoms with Crippen molar-refractivity contribution in [3.63, 3.8) is 0 Å². The van der Waals surface area contributed by atoms with Crippen LogP contribution in [0, 0.1) is 11.3 Å². The van der Waals surface area contributed by atoms with Crippen LogP contribution in [-0.2, 0) is 0 Å². The van der Waals surface area contributed by atoms with Gasteiger partial charge in [0.25, 0.3) is 0 Å². The first-order valence-electron chi connectivity index (χ1n) is 6.29. The Morgan fingerprint density at radius 2 is 2.28 bits per heavy atom. The second-order valence-electron chi connectivity index (χ2n) is 4.77. The van der Waals surface area contributed by atoms with E-state index in [1.54, 1.807) is 0 Å². The Kier molecular flexibility index (Phi) is 4.62. The maximum atomic E-state index is 8.78. The molecule has 0 aromatic heterocycles. The molecule has 0 N–H and O–H groups in total. The van der Waals surface area contributed by atoms with Gasteiger partial charge in [-0.25, -0.2) is 0 Å². The van der Waals surface area contributed by atoms with E-state index in [-0.39, 0.29) is 0 Å². The van der Waals surface area contributed by atoms with Gasteiger partial charge in [0.1, 0.15) is 0 Å². The Hall–Kier alpha value is -1.05. The van der Waals surface area contributed by atoms with Gasteiger partial charge in [0.15, 0.2) is 0 Å². The second-order valence-corrected chi connectivity index (χ2v) is 5.62. The number of likely N-dealkylation sites (N-methyl/N-ethyl adjacent to an activating group) is 1. The molecule has 4 heteroatoms. The molecule has 1 atom stereocenters. The van der Waals surface area contributed by atoms with Gasteiger partial charge in [-0.2, -0.15) is 5.26 Å². The van der Waals surface area contributed by atoms with Crippen LogP contribution < -0.4 is 4.90 Å². The van der Waals surface area contributed by atoms with E-state index in [1.165, 1.54) is 18.5 Å². The molecule has 3 nitrogen and oxygen atoms in total. The van der Waals surface area contributed by atoms with Crippen LogP contribution in [0.25, 0.3) is 0 Å². The molecule has 1 aliphatic rings. The maximum Gasteiger partial charge on any atom is 0.0866 e. The zero-order valence-corrected chi connectivity index (χ0v) is 12.2. The number of para-hydroxylation sites is 1. The van der Waals surface area contributed by atoms with Gasteiger partial charge in [0.05, 0.1) is 18.3 Å². The molecule has 1 unspecified atom stereocenters. The fourth-order valence-electron chi connectivity index (χ4n) is 2.48. The molecule has 96 valence electrons. The van der Waals surface area contributed by atoms with Crippen molar-refractivity contribution in [1.82, 2.24) is 4.90 Å². The van der Waals surface area contributed by atoms with Gasteiger partial charge in [-0.15, -0.1) is 0 Å². The normalized spacial score (nSPS) is 19.9. The van der Waals surface area contributed by atoms with Crippen LogP contribution in [0.1, 0.15) is 12.8 Å². The average Bonchev–Trinajstić information content (AvgIpc) is 2.40. The summed E-state index contributed by atoms with van der Waals surface area (Å²) in [4.78, 5) is 4.56. The molecular formula is C14H18BrN3. The number of halogens is 1. The lowest BCUT2D eigenvalue weighted by molar-refractivity contribution is 0.238. The predicted molar refractivity (Wildman–Crippen MR) is 77.6 cm³/mol. The van der Waals surface area contributed by atoms with Crippen molar-refractivity contribution in [2.45, 2.75) is 18.9 Å². The van der Waals surface area contributed by atoms with E-state index < -0.39 is 0 Å². The van der Waals surface area contributed by atoms with Crippen molar-refractivity contribution in [1.29, 1.82) is 5.26 Å². The zero-order chi connectivity index (χ0) is 13.0. The SMILES string of the molecule is CN(CC#N)C1CCCN(c2ccccc2Br)C1. The molecule has 0 bridgehead atoms. The lowest BCUT2D eigenvalue weighted by atomic mass is 10.0. The molecule has 1 aromatic carbocycles. The summed E-state index contributed by atoms with van der Waals surface area (Å²) >= 11 is 3.61. The van der Waals surface area contributed by atoms with Crippen LogP contribution >= 0.6 is 15.9 Å². The summed E-state index contributed by atoms with van der Waals surface area (Å²) in [6, 6.07) is 11.0. The van der Waals surface area contributed by atoms with E-state index in [9.17, 15) is 0 Å². The van der Waals surface area contributed by atoms with Crippen molar-refractivity contribution in [2.75, 3.05) is 31.6 Å². The molecule has 0 amide bonds. The minimum Gasteiger partial charge on any atom is -0.369 e. The number of anilines is 1. The molecule has 2 rings (SSSR count). The van der Waals surface area contributed by atoms with Crippen molar-refractivity contribution < 1.29 is 0 Å². The monoisotopic (exact) mass is 307 g/mol. The Morgan fingerprint density at radius 1 is 1.50 bits per heavy atom. The highest BCUT2D eigenvalue weighted by Crippen LogP contribution is 2.28. The standard InChI is InChI=1S/C14H18BrN3/c1-17(10-8-16)12-5-4-9-18(11-12)14-7-3-2-6-13(14)15/h2-3,6-7,12H,4-5,9-11H2,1H3. The van der Waals surface area contributed by atoms with E-state index in [1.807, 2.05) is 13.1 Å². The smallest absolute Gasteiger partial charge is 0.0866 e. The summed E-state index contributed by atoms with van der Waals surface area (Å²) in [5.74, 6) is 0. The van der Waals surface area contributed by atoms with Crippen LogP contribution in [-0.4, -0.2) is 37.6 Å². The largest absolute Gasteiger partial charge is 0.369 e. The summed E-state index contributed by atoms with van der Waals surface area (Å²) in [6.07, 6.45) is 2.36. The molecule has 1 fully saturated rings. The van der Waals surface area contributed by atoms with Crippen molar-refractivity contribution in [3.05, 3.63) is 28.7 Å². The maximum absolute atomic E-state index is 8.78. The summed E-state index contributed by atoms with van der Waals surface area (Å²) in [5.41, 5.74) is 1.26. The number of nitrogens with zero attached hydrogens (tertiary/aromatic N) is 3. The molecule has 1 aromatic rings. The van der Waals surface area contributed by atoms with E-state index in [0.29, 0.717) is 12.6 Å². The van der Waals surface area contributed by atoms with Gasteiger partial charge in [-0.05, 0) is 48.0 Å². The molecule has 1 heterocycles. The summed E-state index contributed by atoms with van der Waals surface area (Å²) in [5, 5.41) is 8.78. The van der Waals surface area contributed by atoms with Gasteiger partial charge in [0, 0.05) is 23.6 Å². The number of benzene rings is 1. The van der Waals surface area contributed by atoms with Crippen molar-refractivity contribution in [2.24, 2.45) is 0 Å². The van der Waals surface area contributed by atoms with Crippen molar-refractivity contribution >= 4 is 21.6 Å². The number of piperidine rings is 1. The third kappa shape index (κ3) is 3.04. The van der Waals surface area contributed by atoms with Crippen LogP contribution in [0.3, 0.4) is 0 Å². The van der Waals surface area contributed by atoms with Crippen molar-refractivity contribution in [3.8, 4) is 6.07 Å². The predicted octanol–water partition coefficient (Wildman–Crippen LogP) is 2.87. The Labute approximate surface area is 117 Å². The molecule has 0 spiro atoms. The van der Waals surface area contributed by atoms with E-state index in [0.717, 1.165) is 17.6 Å². The summed E-state index contributed by atoms with van der Waals surface area (Å²) in [6.45, 7) is 2.61. The van der Waals surface area contributed by atoms with Crippen LogP contribution in [0.2, 0.25) is 0 Å². The van der Waals surface area contributed by atoms with Gasteiger partial charge in [0.2, 0.25) is 0 Å². The molecule has 0 saturated carbocycles. The van der Waals surface area contributed by atoms with Gasteiger partial charge < -0.3 is 4.90 Å². The third-order valence-electron chi connectivity index (χ3n) is 3.53. The van der Waals surface area contributed by atoms with E-state index >= 15 is 0 Å². The van der Waals surface area contributed by atoms with Crippen LogP contribution in [0.4, 0.5) is 5.69 Å². The first-order valence-corrected chi connectivity index (χ1v) is 7.08. The third-order valence-corrected chi connectivity index (χ3v) is 4.20. The van der Waals surface area contributed by atoms with Gasteiger partial charge in [-0.1, -0.05) is 12.1 Å². The highest BCUT2D eigenvalue weighted by Gasteiger charge is 2.23. The fraction of sp³-hybridized carbons (Fsp3) is 0.500. The quantitative estimate of drug-likeness (QED) is 0.804. The number of rotatable bonds is 3. The molecule has 1 aliphatic heterocycles. The van der Waals surface area contributed by atoms with Crippen LogP contribution in [0.15, 0.2) is 28.7 Å². The van der Waals surface area contributed by atoms with E-state index in [2.05, 4.69) is 50.0 Å². The van der Waals surface area contributed by atoms with Gasteiger partial charge in [-0.3, -0.25) is 4.90 Å². The second kappa shape index (κ2) is 6.21. The number of nitriles is 1. The number of hydrogen-bond acceptors (Lipinski definition) is 3. The first kappa shape index (κ1) is 13.4. The molecule has 1 saturated heterocycles. The number of hydrogen-bond donors (Lipinski definition) is 0. The topological polar surface area (TPSA) is 30.3 Å². The lowest BCUT2D eigenvalue weighted by Gasteiger charge is -2.38. The first-order chi connectivity index (χ1) is 8.72. The van der Waals surface area contributed by atoms with E-state index in [4.69, 9.17) is 5.26 Å². The molecule has 0 aliphatic carbocycles. The zero-order valence-electron chi connectivity index (χ0n) is 10.6. The minimum atomic E-state index is 0.477. The summed E-state index contributed by atoms with van der Waals surface area (Å²) < 4.78 is 1.15. The Morgan fingerprint density at radius 3 is 3.00 bits per heavy atom. The minimum absolute atomic E-state index is 0.477. The molecule has 18 heavy (non-hydrogen) atoms. The Bertz CT molecular complexity index is 441. The summed E-state index contributed by atoms with van der Waals surface area (Å²) in [7, 11) is 2.04. The van der Waals surface area contributed by atoms with Crippen LogP contribution in [0.5, 0.6) is 0 Å². The highest BCUT2D eigenvalue weighted by molar-refractivity contribution is 9.10. The van der Waals surface area contributed by atoms with Gasteiger partial charge >= 0.3 is 0 Å². The highest BCUT2D eigenvalue weighted by atomic mass is 79.9. The lowest BCUT2D eigenvalue weighted by Crippen LogP contribution is -2.46. The Balaban J connectivity index is 2.08. The average molecular weight is 308 g/mol.